The molecule has 3 aromatic heterocycles. The summed E-state index contributed by atoms with van der Waals surface area (Å²) in [5.74, 6) is 0.849. The maximum Gasteiger partial charge on any atom is 0.166 e. The van der Waals surface area contributed by atoms with Gasteiger partial charge in [-0.05, 0) is 61.2 Å². The molecule has 3 aromatic rings. The fourth-order valence-corrected chi connectivity index (χ4v) is 3.49. The second-order valence-corrected chi connectivity index (χ2v) is 6.92. The van der Waals surface area contributed by atoms with Crippen LogP contribution >= 0.6 is 0 Å². The third-order valence-corrected chi connectivity index (χ3v) is 5.17. The molecule has 0 aliphatic carbocycles. The lowest BCUT2D eigenvalue weighted by Gasteiger charge is -2.30. The molecular formula is C21H20N6. The largest absolute Gasteiger partial charge is 0.350 e. The Hall–Kier alpha value is -3.33. The van der Waals surface area contributed by atoms with E-state index in [0.29, 0.717) is 5.69 Å². The minimum atomic E-state index is 0.394. The maximum absolute atomic E-state index is 9.15. The van der Waals surface area contributed by atoms with E-state index in [4.69, 9.17) is 10.2 Å². The van der Waals surface area contributed by atoms with Crippen LogP contribution in [-0.2, 0) is 13.0 Å². The highest BCUT2D eigenvalue weighted by atomic mass is 15.3. The Kier molecular flexibility index (Phi) is 4.28. The zero-order chi connectivity index (χ0) is 19.0. The Labute approximate surface area is 158 Å². The van der Waals surface area contributed by atoms with Crippen LogP contribution in [0.2, 0.25) is 0 Å². The Bertz CT molecular complexity index is 1070. The molecule has 0 saturated carbocycles. The predicted octanol–water partition coefficient (Wildman–Crippen LogP) is 3.29. The van der Waals surface area contributed by atoms with Gasteiger partial charge in [-0.15, -0.1) is 10.2 Å². The summed E-state index contributed by atoms with van der Waals surface area (Å²) in [6.45, 7) is 7.50. The van der Waals surface area contributed by atoms with Crippen LogP contribution in [0.3, 0.4) is 0 Å². The molecule has 6 nitrogen and oxygen atoms in total. The Morgan fingerprint density at radius 2 is 1.89 bits per heavy atom. The van der Waals surface area contributed by atoms with Crippen molar-refractivity contribution in [2.45, 2.75) is 33.7 Å². The molecule has 0 bridgehead atoms. The summed E-state index contributed by atoms with van der Waals surface area (Å²) in [7, 11) is 0. The SMILES string of the molecule is Cc1cc(-c2cnc3c(c2)CN(c2nnc(C#N)c(C)c2C)CC3)ccn1. The molecule has 0 fully saturated rings. The molecule has 0 N–H and O–H groups in total. The van der Waals surface area contributed by atoms with E-state index < -0.39 is 0 Å². The Balaban J connectivity index is 1.68. The number of aryl methyl sites for hydroxylation is 1. The number of aromatic nitrogens is 4. The number of pyridine rings is 2. The molecule has 1 aliphatic heterocycles. The molecule has 0 unspecified atom stereocenters. The summed E-state index contributed by atoms with van der Waals surface area (Å²) >= 11 is 0. The zero-order valence-electron chi connectivity index (χ0n) is 15.7. The first-order valence-corrected chi connectivity index (χ1v) is 8.96. The van der Waals surface area contributed by atoms with Gasteiger partial charge in [0.05, 0.1) is 0 Å². The predicted molar refractivity (Wildman–Crippen MR) is 103 cm³/mol. The number of hydrogen-bond donors (Lipinski definition) is 0. The number of nitrogens with zero attached hydrogens (tertiary/aromatic N) is 6. The summed E-state index contributed by atoms with van der Waals surface area (Å²) in [5.41, 5.74) is 7.86. The normalized spacial score (nSPS) is 13.2. The van der Waals surface area contributed by atoms with Crippen molar-refractivity contribution < 1.29 is 0 Å². The quantitative estimate of drug-likeness (QED) is 0.701. The Morgan fingerprint density at radius 1 is 1.04 bits per heavy atom. The molecular weight excluding hydrogens is 336 g/mol. The highest BCUT2D eigenvalue weighted by Gasteiger charge is 2.22. The first-order chi connectivity index (χ1) is 13.1. The molecule has 4 heterocycles. The molecule has 27 heavy (non-hydrogen) atoms. The third-order valence-electron chi connectivity index (χ3n) is 5.17. The lowest BCUT2D eigenvalue weighted by atomic mass is 10.00. The molecule has 134 valence electrons. The summed E-state index contributed by atoms with van der Waals surface area (Å²) < 4.78 is 0. The van der Waals surface area contributed by atoms with Gasteiger partial charge in [0.1, 0.15) is 6.07 Å². The molecule has 0 saturated heterocycles. The van der Waals surface area contributed by atoms with Gasteiger partial charge >= 0.3 is 0 Å². The lowest BCUT2D eigenvalue weighted by Crippen LogP contribution is -2.32. The second-order valence-electron chi connectivity index (χ2n) is 6.92. The molecule has 0 atom stereocenters. The highest BCUT2D eigenvalue weighted by Crippen LogP contribution is 2.29. The number of hydrogen-bond acceptors (Lipinski definition) is 6. The van der Waals surface area contributed by atoms with Gasteiger partial charge in [-0.25, -0.2) is 0 Å². The molecule has 0 amide bonds. The number of rotatable bonds is 2. The summed E-state index contributed by atoms with van der Waals surface area (Å²) in [6.07, 6.45) is 4.64. The average molecular weight is 356 g/mol. The highest BCUT2D eigenvalue weighted by molar-refractivity contribution is 5.64. The van der Waals surface area contributed by atoms with Crippen molar-refractivity contribution in [3.8, 4) is 17.2 Å². The van der Waals surface area contributed by atoms with Crippen molar-refractivity contribution in [1.82, 2.24) is 20.2 Å². The average Bonchev–Trinajstić information content (AvgIpc) is 2.69. The van der Waals surface area contributed by atoms with Crippen molar-refractivity contribution in [2.24, 2.45) is 0 Å². The van der Waals surface area contributed by atoms with Gasteiger partial charge in [0.2, 0.25) is 0 Å². The van der Waals surface area contributed by atoms with E-state index in [2.05, 4.69) is 38.3 Å². The van der Waals surface area contributed by atoms with Gasteiger partial charge in [0.15, 0.2) is 11.5 Å². The van der Waals surface area contributed by atoms with E-state index >= 15 is 0 Å². The van der Waals surface area contributed by atoms with Gasteiger partial charge in [0.25, 0.3) is 0 Å². The maximum atomic E-state index is 9.15. The van der Waals surface area contributed by atoms with Crippen LogP contribution in [0.25, 0.3) is 11.1 Å². The summed E-state index contributed by atoms with van der Waals surface area (Å²) in [4.78, 5) is 11.2. The van der Waals surface area contributed by atoms with Crippen LogP contribution in [0.5, 0.6) is 0 Å². The van der Waals surface area contributed by atoms with Gasteiger partial charge in [0, 0.05) is 48.9 Å². The second kappa shape index (κ2) is 6.76. The molecule has 1 aliphatic rings. The molecule has 6 heteroatoms. The smallest absolute Gasteiger partial charge is 0.166 e. The van der Waals surface area contributed by atoms with E-state index in [-0.39, 0.29) is 0 Å². The van der Waals surface area contributed by atoms with Crippen molar-refractivity contribution in [3.63, 3.8) is 0 Å². The summed E-state index contributed by atoms with van der Waals surface area (Å²) in [6, 6.07) is 8.40. The van der Waals surface area contributed by atoms with E-state index in [1.165, 1.54) is 5.56 Å². The van der Waals surface area contributed by atoms with Gasteiger partial charge < -0.3 is 4.90 Å². The van der Waals surface area contributed by atoms with Crippen LogP contribution in [0, 0.1) is 32.1 Å². The van der Waals surface area contributed by atoms with Crippen LogP contribution < -0.4 is 4.90 Å². The van der Waals surface area contributed by atoms with Crippen molar-refractivity contribution >= 4 is 5.82 Å². The molecule has 0 spiro atoms. The standard InChI is InChI=1S/C21H20N6/c1-13-8-16(4-6-23-13)17-9-18-12-27(7-5-19(18)24-11-17)21-15(3)14(2)20(10-22)25-26-21/h4,6,8-9,11H,5,7,12H2,1-3H3. The van der Waals surface area contributed by atoms with E-state index in [9.17, 15) is 0 Å². The number of fused-ring (bicyclic) bond motifs is 1. The van der Waals surface area contributed by atoms with Crippen LogP contribution in [-0.4, -0.2) is 26.7 Å². The van der Waals surface area contributed by atoms with Crippen LogP contribution in [0.15, 0.2) is 30.6 Å². The van der Waals surface area contributed by atoms with E-state index in [1.54, 1.807) is 0 Å². The number of anilines is 1. The lowest BCUT2D eigenvalue weighted by molar-refractivity contribution is 0.692. The van der Waals surface area contributed by atoms with E-state index in [1.807, 2.05) is 39.2 Å². The van der Waals surface area contributed by atoms with Gasteiger partial charge in [-0.1, -0.05) is 0 Å². The Morgan fingerprint density at radius 3 is 2.67 bits per heavy atom. The van der Waals surface area contributed by atoms with Crippen molar-refractivity contribution in [1.29, 1.82) is 5.26 Å². The minimum Gasteiger partial charge on any atom is -0.350 e. The molecule has 0 aromatic carbocycles. The first kappa shape index (κ1) is 17.1. The fourth-order valence-electron chi connectivity index (χ4n) is 3.49. The first-order valence-electron chi connectivity index (χ1n) is 8.96. The van der Waals surface area contributed by atoms with Gasteiger partial charge in [-0.3, -0.25) is 9.97 Å². The van der Waals surface area contributed by atoms with Gasteiger partial charge in [-0.2, -0.15) is 5.26 Å². The fraction of sp³-hybridized carbons (Fsp3) is 0.286. The molecule has 0 radical (unpaired) electrons. The topological polar surface area (TPSA) is 78.6 Å². The minimum absolute atomic E-state index is 0.394. The van der Waals surface area contributed by atoms with Crippen LogP contribution in [0.4, 0.5) is 5.82 Å². The van der Waals surface area contributed by atoms with Crippen molar-refractivity contribution in [3.05, 3.63) is 64.4 Å². The third kappa shape index (κ3) is 3.13. The van der Waals surface area contributed by atoms with Crippen molar-refractivity contribution in [2.75, 3.05) is 11.4 Å². The summed E-state index contributed by atoms with van der Waals surface area (Å²) in [5, 5.41) is 17.6. The van der Waals surface area contributed by atoms with E-state index in [0.717, 1.165) is 59.0 Å². The molecule has 4 rings (SSSR count). The van der Waals surface area contributed by atoms with Crippen LogP contribution in [0.1, 0.15) is 33.8 Å². The zero-order valence-corrected chi connectivity index (χ0v) is 15.7. The number of nitriles is 1. The monoisotopic (exact) mass is 356 g/mol.